The van der Waals surface area contributed by atoms with Gasteiger partial charge in [0, 0.05) is 15.1 Å². The van der Waals surface area contributed by atoms with Gasteiger partial charge in [0.15, 0.2) is 0 Å². The molecule has 3 aromatic rings. The summed E-state index contributed by atoms with van der Waals surface area (Å²) < 4.78 is 2.54. The third kappa shape index (κ3) is 3.50. The summed E-state index contributed by atoms with van der Waals surface area (Å²) >= 11 is 11.7. The number of hydrogen-bond donors (Lipinski definition) is 0. The summed E-state index contributed by atoms with van der Waals surface area (Å²) in [5.74, 6) is 1.15. The summed E-state index contributed by atoms with van der Waals surface area (Å²) in [4.78, 5) is 0. The molecule has 21 heavy (non-hydrogen) atoms. The lowest BCUT2D eigenvalue weighted by Crippen LogP contribution is -2.10. The Bertz CT molecular complexity index is 735. The van der Waals surface area contributed by atoms with Crippen LogP contribution in [0.25, 0.3) is 10.1 Å². The van der Waals surface area contributed by atoms with Crippen molar-refractivity contribution in [1.82, 2.24) is 0 Å². The highest BCUT2D eigenvalue weighted by atomic mass is 79.9. The molecule has 2 aromatic carbocycles. The number of halogens is 2. The molecular formula is C18H16BrClS. The van der Waals surface area contributed by atoms with Crippen LogP contribution in [0.15, 0.2) is 58.4 Å². The first-order valence-corrected chi connectivity index (χ1v) is 9.23. The molecule has 0 amide bonds. The summed E-state index contributed by atoms with van der Waals surface area (Å²) in [7, 11) is 0. The molecule has 3 heteroatoms. The molecule has 0 bridgehead atoms. The molecule has 0 N–H and O–H groups in total. The molecule has 1 unspecified atom stereocenters. The summed E-state index contributed by atoms with van der Waals surface area (Å²) in [6.45, 7) is 0. The minimum Gasteiger partial charge on any atom is -0.144 e. The first-order chi connectivity index (χ1) is 10.3. The van der Waals surface area contributed by atoms with E-state index in [1.807, 2.05) is 11.3 Å². The van der Waals surface area contributed by atoms with Crippen molar-refractivity contribution < 1.29 is 0 Å². The lowest BCUT2D eigenvalue weighted by molar-refractivity contribution is 0.585. The van der Waals surface area contributed by atoms with Crippen molar-refractivity contribution in [3.63, 3.8) is 0 Å². The van der Waals surface area contributed by atoms with Crippen LogP contribution >= 0.6 is 38.9 Å². The highest BCUT2D eigenvalue weighted by Crippen LogP contribution is 2.29. The van der Waals surface area contributed by atoms with Crippen molar-refractivity contribution in [3.8, 4) is 0 Å². The fourth-order valence-electron chi connectivity index (χ4n) is 2.66. The van der Waals surface area contributed by atoms with Crippen molar-refractivity contribution in [2.75, 3.05) is 5.88 Å². The van der Waals surface area contributed by atoms with E-state index in [0.717, 1.165) is 12.8 Å². The van der Waals surface area contributed by atoms with Crippen molar-refractivity contribution in [3.05, 3.63) is 69.5 Å². The number of fused-ring (bicyclic) bond motifs is 1. The maximum absolute atomic E-state index is 6.23. The van der Waals surface area contributed by atoms with E-state index >= 15 is 0 Å². The highest BCUT2D eigenvalue weighted by molar-refractivity contribution is 9.10. The average molecular weight is 380 g/mol. The smallest absolute Gasteiger partial charge is 0.0345 e. The fourth-order valence-corrected chi connectivity index (χ4v) is 4.30. The minimum absolute atomic E-state index is 0.461. The van der Waals surface area contributed by atoms with Crippen LogP contribution < -0.4 is 0 Å². The normalized spacial score (nSPS) is 12.7. The predicted octanol–water partition coefficient (Wildman–Crippen LogP) is 6.30. The van der Waals surface area contributed by atoms with E-state index in [2.05, 4.69) is 69.8 Å². The maximum atomic E-state index is 6.23. The SMILES string of the molecule is ClCC(Cc1ccccc1Br)Cc1csc2ccccc12. The van der Waals surface area contributed by atoms with Gasteiger partial charge in [0.2, 0.25) is 0 Å². The molecule has 0 spiro atoms. The average Bonchev–Trinajstić information content (AvgIpc) is 2.92. The monoisotopic (exact) mass is 378 g/mol. The van der Waals surface area contributed by atoms with E-state index in [4.69, 9.17) is 11.6 Å². The zero-order chi connectivity index (χ0) is 14.7. The number of hydrogen-bond acceptors (Lipinski definition) is 1. The van der Waals surface area contributed by atoms with E-state index < -0.39 is 0 Å². The number of alkyl halides is 1. The van der Waals surface area contributed by atoms with Crippen LogP contribution in [0.2, 0.25) is 0 Å². The van der Waals surface area contributed by atoms with E-state index in [-0.39, 0.29) is 0 Å². The van der Waals surface area contributed by atoms with Crippen LogP contribution in [0.3, 0.4) is 0 Å². The van der Waals surface area contributed by atoms with Gasteiger partial charge in [-0.2, -0.15) is 0 Å². The molecule has 1 aromatic heterocycles. The summed E-state index contributed by atoms with van der Waals surface area (Å²) in [6, 6.07) is 17.0. The predicted molar refractivity (Wildman–Crippen MR) is 97.6 cm³/mol. The second kappa shape index (κ2) is 6.95. The first kappa shape index (κ1) is 15.1. The van der Waals surface area contributed by atoms with Crippen molar-refractivity contribution >= 4 is 49.0 Å². The molecule has 1 atom stereocenters. The molecule has 0 aliphatic carbocycles. The Morgan fingerprint density at radius 3 is 2.48 bits per heavy atom. The molecule has 0 saturated heterocycles. The molecule has 0 radical (unpaired) electrons. The first-order valence-electron chi connectivity index (χ1n) is 7.02. The second-order valence-corrected chi connectivity index (χ2v) is 7.35. The number of benzene rings is 2. The zero-order valence-corrected chi connectivity index (χ0v) is 14.7. The van der Waals surface area contributed by atoms with Gasteiger partial charge >= 0.3 is 0 Å². The highest BCUT2D eigenvalue weighted by Gasteiger charge is 2.14. The molecule has 0 aliphatic heterocycles. The van der Waals surface area contributed by atoms with Gasteiger partial charge in [-0.25, -0.2) is 0 Å². The second-order valence-electron chi connectivity index (χ2n) is 5.28. The molecular weight excluding hydrogens is 364 g/mol. The Hall–Kier alpha value is -0.830. The van der Waals surface area contributed by atoms with E-state index in [1.165, 1.54) is 25.7 Å². The minimum atomic E-state index is 0.461. The van der Waals surface area contributed by atoms with Crippen LogP contribution in [0.1, 0.15) is 11.1 Å². The topological polar surface area (TPSA) is 0 Å². The summed E-state index contributed by atoms with van der Waals surface area (Å²) in [5, 5.41) is 3.66. The number of thiophene rings is 1. The van der Waals surface area contributed by atoms with Gasteiger partial charge < -0.3 is 0 Å². The van der Waals surface area contributed by atoms with Crippen LogP contribution in [-0.2, 0) is 12.8 Å². The van der Waals surface area contributed by atoms with E-state index in [1.54, 1.807) is 0 Å². The Labute approximate surface area is 142 Å². The van der Waals surface area contributed by atoms with Gasteiger partial charge in [0.05, 0.1) is 0 Å². The Morgan fingerprint density at radius 2 is 1.67 bits per heavy atom. The van der Waals surface area contributed by atoms with Crippen LogP contribution in [0.5, 0.6) is 0 Å². The maximum Gasteiger partial charge on any atom is 0.0345 e. The van der Waals surface area contributed by atoms with E-state index in [0.29, 0.717) is 11.8 Å². The Kier molecular flexibility index (Phi) is 4.99. The van der Waals surface area contributed by atoms with Crippen molar-refractivity contribution in [1.29, 1.82) is 0 Å². The van der Waals surface area contributed by atoms with Gasteiger partial charge in [0.25, 0.3) is 0 Å². The summed E-state index contributed by atoms with van der Waals surface area (Å²) in [6.07, 6.45) is 2.05. The lowest BCUT2D eigenvalue weighted by Gasteiger charge is -2.14. The van der Waals surface area contributed by atoms with Crippen LogP contribution in [0, 0.1) is 5.92 Å². The fraction of sp³-hybridized carbons (Fsp3) is 0.222. The van der Waals surface area contributed by atoms with Crippen molar-refractivity contribution in [2.45, 2.75) is 12.8 Å². The molecule has 3 rings (SSSR count). The van der Waals surface area contributed by atoms with Gasteiger partial charge in [-0.3, -0.25) is 0 Å². The largest absolute Gasteiger partial charge is 0.144 e. The lowest BCUT2D eigenvalue weighted by atomic mass is 9.94. The van der Waals surface area contributed by atoms with Gasteiger partial charge in [0.1, 0.15) is 0 Å². The molecule has 0 aliphatic rings. The Morgan fingerprint density at radius 1 is 0.952 bits per heavy atom. The molecule has 0 fully saturated rings. The Balaban J connectivity index is 1.80. The molecule has 0 nitrogen and oxygen atoms in total. The van der Waals surface area contributed by atoms with Gasteiger partial charge in [-0.15, -0.1) is 22.9 Å². The summed E-state index contributed by atoms with van der Waals surface area (Å²) in [5.41, 5.74) is 2.76. The molecule has 1 heterocycles. The zero-order valence-electron chi connectivity index (χ0n) is 11.6. The molecule has 0 saturated carbocycles. The standard InChI is InChI=1S/C18H16BrClS/c19-17-7-3-1-5-14(17)9-13(11-20)10-15-12-21-18-8-4-2-6-16(15)18/h1-8,12-13H,9-11H2. The van der Waals surface area contributed by atoms with Gasteiger partial charge in [-0.1, -0.05) is 52.3 Å². The number of rotatable bonds is 5. The van der Waals surface area contributed by atoms with Crippen LogP contribution in [-0.4, -0.2) is 5.88 Å². The van der Waals surface area contributed by atoms with Crippen LogP contribution in [0.4, 0.5) is 0 Å². The molecule has 108 valence electrons. The quantitative estimate of drug-likeness (QED) is 0.456. The third-order valence-electron chi connectivity index (χ3n) is 3.75. The van der Waals surface area contributed by atoms with Crippen molar-refractivity contribution in [2.24, 2.45) is 5.92 Å². The van der Waals surface area contributed by atoms with E-state index in [9.17, 15) is 0 Å². The third-order valence-corrected chi connectivity index (χ3v) is 5.98. The van der Waals surface area contributed by atoms with Gasteiger partial charge in [-0.05, 0) is 52.8 Å².